The molecule has 9 heteroatoms. The molecule has 0 unspecified atom stereocenters. The second-order valence-corrected chi connectivity index (χ2v) is 6.34. The van der Waals surface area contributed by atoms with Gasteiger partial charge in [0, 0.05) is 11.3 Å². The molecular formula is C20H21N5O4. The second kappa shape index (κ2) is 8.51. The number of para-hydroxylation sites is 1. The number of hydrogen-bond donors (Lipinski definition) is 2. The first kappa shape index (κ1) is 20.0. The van der Waals surface area contributed by atoms with Gasteiger partial charge in [-0.1, -0.05) is 25.1 Å². The molecule has 3 rings (SSSR count). The highest BCUT2D eigenvalue weighted by Gasteiger charge is 2.23. The summed E-state index contributed by atoms with van der Waals surface area (Å²) in [7, 11) is 1.45. The zero-order valence-corrected chi connectivity index (χ0v) is 16.3. The van der Waals surface area contributed by atoms with Gasteiger partial charge >= 0.3 is 0 Å². The Balaban J connectivity index is 1.96. The first-order valence-corrected chi connectivity index (χ1v) is 9.01. The van der Waals surface area contributed by atoms with E-state index in [1.54, 1.807) is 30.3 Å². The number of nitrogens with zero attached hydrogens (tertiary/aromatic N) is 4. The quantitative estimate of drug-likeness (QED) is 0.590. The van der Waals surface area contributed by atoms with Crippen LogP contribution in [0.15, 0.2) is 36.4 Å². The summed E-state index contributed by atoms with van der Waals surface area (Å²) in [5.41, 5.74) is 1.87. The van der Waals surface area contributed by atoms with Gasteiger partial charge in [0.2, 0.25) is 5.82 Å². The standard InChI is InChI=1S/C20H21N5O4/c1-4-13-10-14(17(27)16(12(2)26)18(13)29-3)11-25-19(22-23-24-25)20(28)21-15-8-6-5-7-9-15/h5-10,27H,4,11H2,1-3H3,(H,21,28). The maximum absolute atomic E-state index is 12.6. The zero-order valence-electron chi connectivity index (χ0n) is 16.3. The van der Waals surface area contributed by atoms with E-state index in [0.717, 1.165) is 5.56 Å². The van der Waals surface area contributed by atoms with Gasteiger partial charge in [-0.2, -0.15) is 0 Å². The Morgan fingerprint density at radius 1 is 1.21 bits per heavy atom. The van der Waals surface area contributed by atoms with Crippen LogP contribution in [0.4, 0.5) is 5.69 Å². The number of phenolic OH excluding ortho intramolecular Hbond substituents is 1. The molecule has 0 saturated heterocycles. The van der Waals surface area contributed by atoms with E-state index < -0.39 is 5.91 Å². The van der Waals surface area contributed by atoms with Gasteiger partial charge < -0.3 is 15.2 Å². The van der Waals surface area contributed by atoms with Gasteiger partial charge in [-0.05, 0) is 47.5 Å². The van der Waals surface area contributed by atoms with Crippen LogP contribution in [0.2, 0.25) is 0 Å². The number of hydrogen-bond acceptors (Lipinski definition) is 7. The van der Waals surface area contributed by atoms with Crippen molar-refractivity contribution in [2.75, 3.05) is 12.4 Å². The Kier molecular flexibility index (Phi) is 5.87. The second-order valence-electron chi connectivity index (χ2n) is 6.34. The molecule has 0 atom stereocenters. The van der Waals surface area contributed by atoms with E-state index in [4.69, 9.17) is 4.74 Å². The van der Waals surface area contributed by atoms with E-state index in [0.29, 0.717) is 23.4 Å². The van der Waals surface area contributed by atoms with Crippen LogP contribution in [-0.4, -0.2) is 44.1 Å². The topological polar surface area (TPSA) is 119 Å². The summed E-state index contributed by atoms with van der Waals surface area (Å²) in [6, 6.07) is 10.6. The summed E-state index contributed by atoms with van der Waals surface area (Å²) in [6.45, 7) is 3.28. The first-order chi connectivity index (χ1) is 14.0. The molecule has 9 nitrogen and oxygen atoms in total. The normalized spacial score (nSPS) is 10.6. The lowest BCUT2D eigenvalue weighted by Crippen LogP contribution is -2.19. The van der Waals surface area contributed by atoms with Crippen LogP contribution in [-0.2, 0) is 13.0 Å². The van der Waals surface area contributed by atoms with Crippen molar-refractivity contribution in [1.29, 1.82) is 0 Å². The van der Waals surface area contributed by atoms with E-state index in [1.807, 2.05) is 13.0 Å². The van der Waals surface area contributed by atoms with Gasteiger partial charge in [0.15, 0.2) is 5.78 Å². The number of ketones is 1. The Bertz CT molecular complexity index is 1050. The number of amides is 1. The van der Waals surface area contributed by atoms with Crippen LogP contribution in [0.3, 0.4) is 0 Å². The Labute approximate surface area is 167 Å². The molecule has 1 heterocycles. The van der Waals surface area contributed by atoms with Crippen molar-refractivity contribution in [3.05, 3.63) is 58.9 Å². The molecule has 0 aliphatic rings. The summed E-state index contributed by atoms with van der Waals surface area (Å²) in [5.74, 6) is -0.700. The minimum Gasteiger partial charge on any atom is -0.507 e. The molecule has 1 aromatic heterocycles. The molecule has 0 aliphatic carbocycles. The summed E-state index contributed by atoms with van der Waals surface area (Å²) in [5, 5.41) is 24.6. The van der Waals surface area contributed by atoms with Gasteiger partial charge in [0.05, 0.1) is 13.7 Å². The van der Waals surface area contributed by atoms with E-state index in [1.165, 1.54) is 18.7 Å². The number of phenols is 1. The van der Waals surface area contributed by atoms with Crippen LogP contribution in [0.25, 0.3) is 0 Å². The van der Waals surface area contributed by atoms with E-state index in [-0.39, 0.29) is 29.5 Å². The van der Waals surface area contributed by atoms with Crippen molar-refractivity contribution in [3.63, 3.8) is 0 Å². The lowest BCUT2D eigenvalue weighted by molar-refractivity contribution is 0.0997. The number of Topliss-reactive ketones (excluding diaryl/α,β-unsaturated/α-hetero) is 1. The number of aryl methyl sites for hydroxylation is 1. The van der Waals surface area contributed by atoms with Crippen molar-refractivity contribution >= 4 is 17.4 Å². The smallest absolute Gasteiger partial charge is 0.295 e. The molecule has 150 valence electrons. The lowest BCUT2D eigenvalue weighted by atomic mass is 9.98. The molecule has 0 bridgehead atoms. The Hall–Kier alpha value is -3.75. The van der Waals surface area contributed by atoms with Crippen LogP contribution < -0.4 is 10.1 Å². The minimum atomic E-state index is -0.489. The van der Waals surface area contributed by atoms with Gasteiger partial charge in [-0.3, -0.25) is 9.59 Å². The number of carbonyl (C=O) groups excluding carboxylic acids is 2. The van der Waals surface area contributed by atoms with Crippen molar-refractivity contribution in [1.82, 2.24) is 20.2 Å². The van der Waals surface area contributed by atoms with E-state index in [9.17, 15) is 14.7 Å². The fourth-order valence-electron chi connectivity index (χ4n) is 3.06. The fraction of sp³-hybridized carbons (Fsp3) is 0.250. The predicted molar refractivity (Wildman–Crippen MR) is 105 cm³/mol. The SMILES string of the molecule is CCc1cc(Cn2nnnc2C(=O)Nc2ccccc2)c(O)c(C(C)=O)c1OC. The molecule has 0 saturated carbocycles. The predicted octanol–water partition coefficient (Wildman–Crippen LogP) is 2.45. The van der Waals surface area contributed by atoms with Gasteiger partial charge in [0.25, 0.3) is 5.91 Å². The summed E-state index contributed by atoms with van der Waals surface area (Å²) in [6.07, 6.45) is 0.591. The van der Waals surface area contributed by atoms with Crippen LogP contribution in [0.1, 0.15) is 46.0 Å². The van der Waals surface area contributed by atoms with Crippen molar-refractivity contribution in [2.45, 2.75) is 26.8 Å². The first-order valence-electron chi connectivity index (χ1n) is 9.01. The number of aromatic hydroxyl groups is 1. The number of rotatable bonds is 7. The monoisotopic (exact) mass is 395 g/mol. The number of tetrazole rings is 1. The molecule has 3 aromatic rings. The molecule has 2 N–H and O–H groups in total. The highest BCUT2D eigenvalue weighted by Crippen LogP contribution is 2.36. The highest BCUT2D eigenvalue weighted by atomic mass is 16.5. The molecule has 2 aromatic carbocycles. The molecule has 29 heavy (non-hydrogen) atoms. The number of anilines is 1. The lowest BCUT2D eigenvalue weighted by Gasteiger charge is -2.16. The van der Waals surface area contributed by atoms with Crippen LogP contribution in [0.5, 0.6) is 11.5 Å². The van der Waals surface area contributed by atoms with Gasteiger partial charge in [0.1, 0.15) is 17.1 Å². The van der Waals surface area contributed by atoms with Gasteiger partial charge in [-0.15, -0.1) is 5.10 Å². The average molecular weight is 395 g/mol. The molecule has 0 radical (unpaired) electrons. The Morgan fingerprint density at radius 2 is 1.93 bits per heavy atom. The van der Waals surface area contributed by atoms with E-state index in [2.05, 4.69) is 20.8 Å². The van der Waals surface area contributed by atoms with Crippen LogP contribution in [0, 0.1) is 0 Å². The average Bonchev–Trinajstić information content (AvgIpc) is 3.17. The summed E-state index contributed by atoms with van der Waals surface area (Å²) < 4.78 is 6.60. The molecule has 1 amide bonds. The molecule has 0 spiro atoms. The van der Waals surface area contributed by atoms with Crippen LogP contribution >= 0.6 is 0 Å². The molecule has 0 fully saturated rings. The minimum absolute atomic E-state index is 0.00759. The number of nitrogens with one attached hydrogen (secondary N) is 1. The molecular weight excluding hydrogens is 374 g/mol. The summed E-state index contributed by atoms with van der Waals surface area (Å²) >= 11 is 0. The Morgan fingerprint density at radius 3 is 2.55 bits per heavy atom. The molecule has 0 aliphatic heterocycles. The van der Waals surface area contributed by atoms with E-state index >= 15 is 0 Å². The zero-order chi connectivity index (χ0) is 21.0. The number of carbonyl (C=O) groups is 2. The maximum atomic E-state index is 12.6. The highest BCUT2D eigenvalue weighted by molar-refractivity contribution is 6.02. The van der Waals surface area contributed by atoms with Gasteiger partial charge in [-0.25, -0.2) is 4.68 Å². The van der Waals surface area contributed by atoms with Crippen molar-refractivity contribution < 1.29 is 19.4 Å². The van der Waals surface area contributed by atoms with Crippen molar-refractivity contribution in [3.8, 4) is 11.5 Å². The third kappa shape index (κ3) is 4.08. The fourth-order valence-corrected chi connectivity index (χ4v) is 3.06. The third-order valence-corrected chi connectivity index (χ3v) is 4.43. The van der Waals surface area contributed by atoms with Crippen molar-refractivity contribution in [2.24, 2.45) is 0 Å². The number of aromatic nitrogens is 4. The largest absolute Gasteiger partial charge is 0.507 e. The maximum Gasteiger partial charge on any atom is 0.295 e. The number of benzene rings is 2. The number of ether oxygens (including phenoxy) is 1. The number of methoxy groups -OCH3 is 1. The third-order valence-electron chi connectivity index (χ3n) is 4.43. The summed E-state index contributed by atoms with van der Waals surface area (Å²) in [4.78, 5) is 24.7.